The molecule has 0 saturated carbocycles. The van der Waals surface area contributed by atoms with Gasteiger partial charge in [0.1, 0.15) is 0 Å². The Morgan fingerprint density at radius 1 is 0.625 bits per heavy atom. The van der Waals surface area contributed by atoms with Gasteiger partial charge in [0.05, 0.1) is 11.4 Å². The minimum absolute atomic E-state index is 0.644. The zero-order valence-corrected chi connectivity index (χ0v) is 14.8. The molecule has 0 aliphatic carbocycles. The highest BCUT2D eigenvalue weighted by Crippen LogP contribution is 2.24. The third-order valence-corrected chi connectivity index (χ3v) is 4.04. The molecule has 0 heterocycles. The maximum absolute atomic E-state index is 5.68. The molecule has 0 spiro atoms. The minimum atomic E-state index is 0.644. The zero-order chi connectivity index (χ0) is 17.4. The lowest BCUT2D eigenvalue weighted by Crippen LogP contribution is -2.03. The Kier molecular flexibility index (Phi) is 7.09. The van der Waals surface area contributed by atoms with Crippen LogP contribution in [0.1, 0.15) is 36.1 Å². The van der Waals surface area contributed by atoms with Gasteiger partial charge >= 0.3 is 0 Å². The van der Waals surface area contributed by atoms with Crippen LogP contribution in [0.25, 0.3) is 0 Å². The molecule has 4 N–H and O–H groups in total. The quantitative estimate of drug-likeness (QED) is 0.713. The van der Waals surface area contributed by atoms with Crippen LogP contribution in [0.5, 0.6) is 0 Å². The molecule has 2 aromatic carbocycles. The Morgan fingerprint density at radius 2 is 1.00 bits per heavy atom. The highest BCUT2D eigenvalue weighted by Gasteiger charge is 2.02. The van der Waals surface area contributed by atoms with Crippen molar-refractivity contribution < 1.29 is 0 Å². The van der Waals surface area contributed by atoms with Gasteiger partial charge in [-0.1, -0.05) is 26.0 Å². The van der Waals surface area contributed by atoms with Crippen molar-refractivity contribution in [3.63, 3.8) is 0 Å². The second-order valence-corrected chi connectivity index (χ2v) is 6.00. The van der Waals surface area contributed by atoms with Gasteiger partial charge in [-0.3, -0.25) is 0 Å². The van der Waals surface area contributed by atoms with Crippen LogP contribution in [0.2, 0.25) is 0 Å². The van der Waals surface area contributed by atoms with Gasteiger partial charge in [-0.05, 0) is 85.3 Å². The van der Waals surface area contributed by atoms with E-state index in [-0.39, 0.29) is 0 Å². The number of benzene rings is 2. The Hall–Kier alpha value is -2.04. The predicted octanol–water partition coefficient (Wildman–Crippen LogP) is 4.23. The van der Waals surface area contributed by atoms with Crippen LogP contribution in [0, 0.1) is 0 Å². The number of aryl methyl sites for hydroxylation is 2. The summed E-state index contributed by atoms with van der Waals surface area (Å²) in [6.07, 6.45) is 3.68. The first-order chi connectivity index (χ1) is 11.7. The van der Waals surface area contributed by atoms with E-state index in [0.717, 1.165) is 37.1 Å². The summed E-state index contributed by atoms with van der Waals surface area (Å²) in [6, 6.07) is 12.7. The molecule has 0 amide bonds. The van der Waals surface area contributed by atoms with Crippen molar-refractivity contribution in [3.8, 4) is 0 Å². The Balaban J connectivity index is 2.29. The van der Waals surface area contributed by atoms with Crippen molar-refractivity contribution in [1.29, 1.82) is 0 Å². The lowest BCUT2D eigenvalue weighted by molar-refractivity contribution is 0.958. The largest absolute Gasteiger partial charge is 0.330 e. The van der Waals surface area contributed by atoms with Crippen molar-refractivity contribution in [2.75, 3.05) is 13.1 Å². The highest BCUT2D eigenvalue weighted by molar-refractivity contribution is 5.47. The lowest BCUT2D eigenvalue weighted by atomic mass is 10.0. The smallest absolute Gasteiger partial charge is 0.0862 e. The van der Waals surface area contributed by atoms with E-state index in [1.165, 1.54) is 22.3 Å². The molecular weight excluding hydrogens is 296 g/mol. The van der Waals surface area contributed by atoms with Crippen molar-refractivity contribution in [1.82, 2.24) is 0 Å². The van der Waals surface area contributed by atoms with Crippen molar-refractivity contribution in [3.05, 3.63) is 58.7 Å². The Morgan fingerprint density at radius 3 is 1.33 bits per heavy atom. The van der Waals surface area contributed by atoms with Crippen molar-refractivity contribution in [2.24, 2.45) is 21.7 Å². The third-order valence-electron chi connectivity index (χ3n) is 4.04. The summed E-state index contributed by atoms with van der Waals surface area (Å²) in [5.41, 5.74) is 18.1. The molecule has 4 heteroatoms. The third kappa shape index (κ3) is 5.25. The fourth-order valence-electron chi connectivity index (χ4n) is 2.75. The van der Waals surface area contributed by atoms with E-state index >= 15 is 0 Å². The molecule has 0 radical (unpaired) electrons. The molecule has 0 saturated heterocycles. The van der Waals surface area contributed by atoms with Gasteiger partial charge in [0.15, 0.2) is 0 Å². The number of nitrogens with zero attached hydrogens (tertiary/aromatic N) is 2. The molecule has 24 heavy (non-hydrogen) atoms. The standard InChI is InChI=1S/C20H28N4/c1-3-15-9-17(5-7-21)13-19(11-15)23-24-20-12-16(4-2)10-18(14-20)6-8-22/h9-14H,3-8,21-22H2,1-2H3. The maximum Gasteiger partial charge on any atom is 0.0862 e. The van der Waals surface area contributed by atoms with Crippen LogP contribution in [0.3, 0.4) is 0 Å². The fourth-order valence-corrected chi connectivity index (χ4v) is 2.75. The molecule has 2 aromatic rings. The van der Waals surface area contributed by atoms with E-state index in [9.17, 15) is 0 Å². The van der Waals surface area contributed by atoms with E-state index in [2.05, 4.69) is 60.5 Å². The molecular formula is C20H28N4. The van der Waals surface area contributed by atoms with Crippen molar-refractivity contribution >= 4 is 11.4 Å². The Bertz CT molecular complexity index is 633. The van der Waals surface area contributed by atoms with E-state index in [1.807, 2.05) is 0 Å². The number of azo groups is 1. The number of nitrogens with two attached hydrogens (primary N) is 2. The molecule has 0 bridgehead atoms. The first-order valence-corrected chi connectivity index (χ1v) is 8.76. The normalized spacial score (nSPS) is 11.3. The second-order valence-electron chi connectivity index (χ2n) is 6.00. The minimum Gasteiger partial charge on any atom is -0.330 e. The molecule has 0 atom stereocenters. The monoisotopic (exact) mass is 324 g/mol. The van der Waals surface area contributed by atoms with Crippen LogP contribution < -0.4 is 11.5 Å². The summed E-state index contributed by atoms with van der Waals surface area (Å²) in [5.74, 6) is 0. The van der Waals surface area contributed by atoms with Crippen molar-refractivity contribution in [2.45, 2.75) is 39.5 Å². The van der Waals surface area contributed by atoms with Gasteiger partial charge in [0, 0.05) is 0 Å². The first-order valence-electron chi connectivity index (χ1n) is 8.76. The summed E-state index contributed by atoms with van der Waals surface area (Å²) >= 11 is 0. The van der Waals surface area contributed by atoms with Crippen LogP contribution >= 0.6 is 0 Å². The molecule has 0 aliphatic heterocycles. The van der Waals surface area contributed by atoms with E-state index < -0.39 is 0 Å². The molecule has 128 valence electrons. The molecule has 0 fully saturated rings. The molecule has 2 rings (SSSR count). The highest BCUT2D eigenvalue weighted by atomic mass is 15.1. The van der Waals surface area contributed by atoms with Gasteiger partial charge in [0.25, 0.3) is 0 Å². The topological polar surface area (TPSA) is 76.8 Å². The van der Waals surface area contributed by atoms with Gasteiger partial charge in [0.2, 0.25) is 0 Å². The molecule has 4 nitrogen and oxygen atoms in total. The molecule has 0 aromatic heterocycles. The second kappa shape index (κ2) is 9.30. The van der Waals surface area contributed by atoms with Gasteiger partial charge in [-0.2, -0.15) is 10.2 Å². The summed E-state index contributed by atoms with van der Waals surface area (Å²) in [7, 11) is 0. The zero-order valence-electron chi connectivity index (χ0n) is 14.8. The summed E-state index contributed by atoms with van der Waals surface area (Å²) in [6.45, 7) is 5.58. The van der Waals surface area contributed by atoms with Crippen LogP contribution in [0.15, 0.2) is 46.6 Å². The Labute approximate surface area is 145 Å². The average molecular weight is 324 g/mol. The van der Waals surface area contributed by atoms with Gasteiger partial charge < -0.3 is 11.5 Å². The predicted molar refractivity (Wildman–Crippen MR) is 101 cm³/mol. The summed E-state index contributed by atoms with van der Waals surface area (Å²) in [4.78, 5) is 0. The van der Waals surface area contributed by atoms with Crippen LogP contribution in [0.4, 0.5) is 11.4 Å². The number of hydrogen-bond donors (Lipinski definition) is 2. The molecule has 0 unspecified atom stereocenters. The summed E-state index contributed by atoms with van der Waals surface area (Å²) < 4.78 is 0. The van der Waals surface area contributed by atoms with E-state index in [1.54, 1.807) is 0 Å². The van der Waals surface area contributed by atoms with Crippen LogP contribution in [-0.2, 0) is 25.7 Å². The SMILES string of the molecule is CCc1cc(CCN)cc(N=Nc2cc(CC)cc(CCN)c2)c1. The average Bonchev–Trinajstić information content (AvgIpc) is 2.60. The van der Waals surface area contributed by atoms with E-state index in [0.29, 0.717) is 13.1 Å². The molecule has 0 aliphatic rings. The lowest BCUT2D eigenvalue weighted by Gasteiger charge is -2.06. The van der Waals surface area contributed by atoms with Crippen LogP contribution in [-0.4, -0.2) is 13.1 Å². The number of hydrogen-bond acceptors (Lipinski definition) is 4. The first kappa shape index (κ1) is 18.3. The van der Waals surface area contributed by atoms with Gasteiger partial charge in [-0.25, -0.2) is 0 Å². The fraction of sp³-hybridized carbons (Fsp3) is 0.400. The number of rotatable bonds is 8. The van der Waals surface area contributed by atoms with Gasteiger partial charge in [-0.15, -0.1) is 0 Å². The van der Waals surface area contributed by atoms with E-state index in [4.69, 9.17) is 11.5 Å². The maximum atomic E-state index is 5.68. The summed E-state index contributed by atoms with van der Waals surface area (Å²) in [5, 5.41) is 8.92.